The Morgan fingerprint density at radius 1 is 1.23 bits per heavy atom. The summed E-state index contributed by atoms with van der Waals surface area (Å²) in [6, 6.07) is 8.19. The Morgan fingerprint density at radius 2 is 2.03 bits per heavy atom. The minimum absolute atomic E-state index is 0.338. The van der Waals surface area contributed by atoms with Gasteiger partial charge in [0.2, 0.25) is 0 Å². The predicted octanol–water partition coefficient (Wildman–Crippen LogP) is 2.97. The molecule has 1 aliphatic heterocycles. The number of hydrogen-bond donors (Lipinski definition) is 2. The van der Waals surface area contributed by atoms with E-state index in [4.69, 9.17) is 4.74 Å². The van der Waals surface area contributed by atoms with E-state index >= 15 is 0 Å². The van der Waals surface area contributed by atoms with Crippen molar-refractivity contribution < 1.29 is 9.53 Å². The third kappa shape index (κ3) is 4.71. The molecule has 0 radical (unpaired) electrons. The summed E-state index contributed by atoms with van der Waals surface area (Å²) in [5.74, 6) is 1.20. The lowest BCUT2D eigenvalue weighted by molar-refractivity contribution is 0.0527. The van der Waals surface area contributed by atoms with Gasteiger partial charge < -0.3 is 15.4 Å². The zero-order valence-electron chi connectivity index (χ0n) is 17.5. The van der Waals surface area contributed by atoms with Crippen molar-refractivity contribution in [1.29, 1.82) is 0 Å². The van der Waals surface area contributed by atoms with E-state index in [1.54, 1.807) is 12.4 Å². The van der Waals surface area contributed by atoms with E-state index < -0.39 is 0 Å². The highest BCUT2D eigenvalue weighted by Gasteiger charge is 2.25. The Hall–Kier alpha value is -2.71. The zero-order chi connectivity index (χ0) is 20.8. The lowest BCUT2D eigenvalue weighted by Gasteiger charge is -2.37. The van der Waals surface area contributed by atoms with Crippen LogP contribution in [-0.2, 0) is 4.74 Å². The molecule has 2 aromatic heterocycles. The Labute approximate surface area is 177 Å². The number of carbonyl (C=O) groups is 1. The molecule has 8 heteroatoms. The lowest BCUT2D eigenvalue weighted by atomic mass is 10.1. The molecule has 4 rings (SSSR count). The van der Waals surface area contributed by atoms with Crippen LogP contribution in [0.25, 0.3) is 0 Å². The summed E-state index contributed by atoms with van der Waals surface area (Å²) < 4.78 is 5.27. The summed E-state index contributed by atoms with van der Waals surface area (Å²) >= 11 is 0. The lowest BCUT2D eigenvalue weighted by Crippen LogP contribution is -2.51. The smallest absolute Gasteiger partial charge is 0.341 e. The third-order valence-corrected chi connectivity index (χ3v) is 5.56. The molecule has 0 spiro atoms. The molecule has 1 saturated heterocycles. The first-order valence-electron chi connectivity index (χ1n) is 10.9. The quantitative estimate of drug-likeness (QED) is 0.674. The Morgan fingerprint density at radius 3 is 2.73 bits per heavy atom. The highest BCUT2D eigenvalue weighted by atomic mass is 16.5. The van der Waals surface area contributed by atoms with Gasteiger partial charge in [-0.1, -0.05) is 18.9 Å². The number of aromatic nitrogens is 2. The second kappa shape index (κ2) is 9.86. The molecule has 0 atom stereocenters. The van der Waals surface area contributed by atoms with Crippen LogP contribution in [0.4, 0.5) is 17.3 Å². The summed E-state index contributed by atoms with van der Waals surface area (Å²) in [6.07, 6.45) is 8.07. The average Bonchev–Trinajstić information content (AvgIpc) is 3.29. The van der Waals surface area contributed by atoms with Crippen LogP contribution < -0.4 is 15.6 Å². The maximum absolute atomic E-state index is 12.5. The molecular formula is C22H30N6O2. The largest absolute Gasteiger partial charge is 0.462 e. The number of nitrogens with zero attached hydrogens (tertiary/aromatic N) is 4. The maximum atomic E-state index is 12.5. The number of hydrazine groups is 1. The molecule has 160 valence electrons. The van der Waals surface area contributed by atoms with Crippen molar-refractivity contribution in [3.05, 3.63) is 42.2 Å². The molecule has 1 aliphatic carbocycles. The van der Waals surface area contributed by atoms with Crippen LogP contribution in [0, 0.1) is 0 Å². The SMILES string of the molecule is CCOC(=O)c1cnc(N(c2ccccn2)N2CCNCC2)cc1NC1CCCC1. The van der Waals surface area contributed by atoms with Gasteiger partial charge in [-0.3, -0.25) is 0 Å². The average molecular weight is 411 g/mol. The minimum atomic E-state index is -0.344. The van der Waals surface area contributed by atoms with Gasteiger partial charge in [0.1, 0.15) is 11.4 Å². The van der Waals surface area contributed by atoms with Crippen molar-refractivity contribution >= 4 is 23.3 Å². The van der Waals surface area contributed by atoms with Crippen LogP contribution in [0.1, 0.15) is 43.0 Å². The number of anilines is 3. The van der Waals surface area contributed by atoms with Gasteiger partial charge in [0.25, 0.3) is 0 Å². The Balaban J connectivity index is 1.71. The summed E-state index contributed by atoms with van der Waals surface area (Å²) in [6.45, 7) is 5.66. The number of ether oxygens (including phenoxy) is 1. The highest BCUT2D eigenvalue weighted by molar-refractivity contribution is 5.96. The Bertz CT molecular complexity index is 835. The van der Waals surface area contributed by atoms with E-state index in [9.17, 15) is 4.79 Å². The standard InChI is InChI=1S/C22H30N6O2/c1-2-30-22(29)18-16-25-21(15-19(18)26-17-7-3-4-8-17)28(20-9-5-6-10-24-20)27-13-11-23-12-14-27/h5-6,9-10,15-17,23H,2-4,7-8,11-14H2,1H3,(H,25,26). The molecule has 3 heterocycles. The second-order valence-corrected chi connectivity index (χ2v) is 7.64. The summed E-state index contributed by atoms with van der Waals surface area (Å²) in [5, 5.41) is 11.3. The molecule has 8 nitrogen and oxygen atoms in total. The van der Waals surface area contributed by atoms with Gasteiger partial charge in [0.15, 0.2) is 5.82 Å². The molecule has 0 aromatic carbocycles. The van der Waals surface area contributed by atoms with Crippen molar-refractivity contribution in [3.8, 4) is 0 Å². The van der Waals surface area contributed by atoms with E-state index in [1.807, 2.05) is 31.2 Å². The van der Waals surface area contributed by atoms with E-state index in [1.165, 1.54) is 12.8 Å². The monoisotopic (exact) mass is 410 g/mol. The molecule has 2 fully saturated rings. The number of pyridine rings is 2. The predicted molar refractivity (Wildman–Crippen MR) is 117 cm³/mol. The van der Waals surface area contributed by atoms with Crippen molar-refractivity contribution in [3.63, 3.8) is 0 Å². The van der Waals surface area contributed by atoms with Crippen LogP contribution in [0.3, 0.4) is 0 Å². The minimum Gasteiger partial charge on any atom is -0.462 e. The van der Waals surface area contributed by atoms with Crippen molar-refractivity contribution in [2.45, 2.75) is 38.6 Å². The van der Waals surface area contributed by atoms with E-state index in [2.05, 4.69) is 30.6 Å². The molecule has 1 saturated carbocycles. The number of piperazine rings is 1. The molecule has 2 aromatic rings. The van der Waals surface area contributed by atoms with Gasteiger partial charge >= 0.3 is 5.97 Å². The van der Waals surface area contributed by atoms with Crippen LogP contribution in [-0.4, -0.2) is 59.8 Å². The maximum Gasteiger partial charge on any atom is 0.341 e. The van der Waals surface area contributed by atoms with Gasteiger partial charge in [-0.2, -0.15) is 0 Å². The van der Waals surface area contributed by atoms with Crippen molar-refractivity contribution in [2.75, 3.05) is 43.1 Å². The fraction of sp³-hybridized carbons (Fsp3) is 0.500. The van der Waals surface area contributed by atoms with Gasteiger partial charge in [0, 0.05) is 50.7 Å². The number of esters is 1. The van der Waals surface area contributed by atoms with E-state index in [-0.39, 0.29) is 5.97 Å². The number of hydrogen-bond acceptors (Lipinski definition) is 8. The molecule has 0 unspecified atom stereocenters. The summed E-state index contributed by atoms with van der Waals surface area (Å²) in [4.78, 5) is 21.8. The molecular weight excluding hydrogens is 380 g/mol. The van der Waals surface area contributed by atoms with Crippen LogP contribution >= 0.6 is 0 Å². The highest BCUT2D eigenvalue weighted by Crippen LogP contribution is 2.31. The fourth-order valence-corrected chi connectivity index (χ4v) is 4.08. The first-order valence-corrected chi connectivity index (χ1v) is 10.9. The van der Waals surface area contributed by atoms with Crippen LogP contribution in [0.2, 0.25) is 0 Å². The van der Waals surface area contributed by atoms with Gasteiger partial charge in [-0.15, -0.1) is 0 Å². The third-order valence-electron chi connectivity index (χ3n) is 5.56. The van der Waals surface area contributed by atoms with Gasteiger partial charge in [-0.05, 0) is 31.9 Å². The zero-order valence-corrected chi connectivity index (χ0v) is 17.5. The van der Waals surface area contributed by atoms with E-state index in [0.717, 1.165) is 56.3 Å². The summed E-state index contributed by atoms with van der Waals surface area (Å²) in [5.41, 5.74) is 1.26. The number of carbonyl (C=O) groups excluding carboxylic acids is 1. The topological polar surface area (TPSA) is 82.6 Å². The van der Waals surface area contributed by atoms with Crippen molar-refractivity contribution in [1.82, 2.24) is 20.3 Å². The Kier molecular flexibility index (Phi) is 6.76. The second-order valence-electron chi connectivity index (χ2n) is 7.64. The molecule has 0 amide bonds. The van der Waals surface area contributed by atoms with Crippen molar-refractivity contribution in [2.24, 2.45) is 0 Å². The first kappa shape index (κ1) is 20.6. The van der Waals surface area contributed by atoms with Gasteiger partial charge in [0.05, 0.1) is 12.3 Å². The first-order chi connectivity index (χ1) is 14.8. The number of rotatable bonds is 7. The van der Waals surface area contributed by atoms with E-state index in [0.29, 0.717) is 18.2 Å². The fourth-order valence-electron chi connectivity index (χ4n) is 4.08. The van der Waals surface area contributed by atoms with Crippen LogP contribution in [0.5, 0.6) is 0 Å². The summed E-state index contributed by atoms with van der Waals surface area (Å²) in [7, 11) is 0. The van der Waals surface area contributed by atoms with Crippen LogP contribution in [0.15, 0.2) is 36.7 Å². The molecule has 30 heavy (non-hydrogen) atoms. The molecule has 2 N–H and O–H groups in total. The number of nitrogens with one attached hydrogen (secondary N) is 2. The molecule has 2 aliphatic rings. The molecule has 0 bridgehead atoms. The normalized spacial score (nSPS) is 17.6. The van der Waals surface area contributed by atoms with Gasteiger partial charge in [-0.25, -0.2) is 24.8 Å².